The van der Waals surface area contributed by atoms with Crippen LogP contribution in [-0.2, 0) is 13.6 Å². The molecule has 3 heterocycles. The number of nitrogens with one attached hydrogen (secondary N) is 1. The highest BCUT2D eigenvalue weighted by Gasteiger charge is 2.20. The monoisotopic (exact) mass is 336 g/mol. The molecule has 1 aromatic carbocycles. The number of aromatic nitrogens is 4. The minimum atomic E-state index is 0.638. The second kappa shape index (κ2) is 7.19. The zero-order chi connectivity index (χ0) is 17.1. The molecule has 130 valence electrons. The molecule has 0 spiro atoms. The van der Waals surface area contributed by atoms with Crippen LogP contribution in [0.5, 0.6) is 0 Å². The predicted octanol–water partition coefficient (Wildman–Crippen LogP) is 2.69. The molecule has 1 atom stereocenters. The van der Waals surface area contributed by atoms with Crippen LogP contribution in [-0.4, -0.2) is 44.3 Å². The fourth-order valence-electron chi connectivity index (χ4n) is 3.65. The Morgan fingerprint density at radius 3 is 2.96 bits per heavy atom. The fourth-order valence-corrected chi connectivity index (χ4v) is 3.65. The summed E-state index contributed by atoms with van der Waals surface area (Å²) in [6, 6.07) is 10.7. The van der Waals surface area contributed by atoms with Crippen molar-refractivity contribution in [2.45, 2.75) is 19.4 Å². The standard InChI is InChI=1S/C19H24N6/c1-24-19-17(11-23-24)18(21-14-22-19)20-10-16-8-5-9-25(13-16)12-15-6-3-2-4-7-15/h2-4,6-7,11,14,16H,5,8-10,12-13H2,1H3,(H,20,21,22)/t16-/m0/s1. The highest BCUT2D eigenvalue weighted by Crippen LogP contribution is 2.21. The maximum atomic E-state index is 4.40. The smallest absolute Gasteiger partial charge is 0.163 e. The Labute approximate surface area is 147 Å². The average Bonchev–Trinajstić information content (AvgIpc) is 3.03. The van der Waals surface area contributed by atoms with Gasteiger partial charge in [0.05, 0.1) is 11.6 Å². The SMILES string of the molecule is Cn1ncc2c(NC[C@@H]3CCCN(Cc4ccccc4)C3)ncnc21. The lowest BCUT2D eigenvalue weighted by Crippen LogP contribution is -2.37. The van der Waals surface area contributed by atoms with E-state index in [2.05, 4.69) is 55.6 Å². The number of piperidine rings is 1. The number of likely N-dealkylation sites (tertiary alicyclic amines) is 1. The van der Waals surface area contributed by atoms with Gasteiger partial charge in [0.1, 0.15) is 12.1 Å². The van der Waals surface area contributed by atoms with E-state index in [0.29, 0.717) is 5.92 Å². The Morgan fingerprint density at radius 1 is 1.20 bits per heavy atom. The van der Waals surface area contributed by atoms with E-state index in [0.717, 1.165) is 36.5 Å². The summed E-state index contributed by atoms with van der Waals surface area (Å²) in [7, 11) is 1.90. The van der Waals surface area contributed by atoms with Crippen LogP contribution in [0.3, 0.4) is 0 Å². The van der Waals surface area contributed by atoms with E-state index >= 15 is 0 Å². The molecule has 0 bridgehead atoms. The van der Waals surface area contributed by atoms with Crippen LogP contribution in [0.25, 0.3) is 11.0 Å². The molecular weight excluding hydrogens is 312 g/mol. The van der Waals surface area contributed by atoms with E-state index in [-0.39, 0.29) is 0 Å². The van der Waals surface area contributed by atoms with E-state index in [1.807, 2.05) is 13.2 Å². The van der Waals surface area contributed by atoms with Crippen molar-refractivity contribution in [1.82, 2.24) is 24.6 Å². The molecule has 25 heavy (non-hydrogen) atoms. The quantitative estimate of drug-likeness (QED) is 0.776. The molecular formula is C19H24N6. The van der Waals surface area contributed by atoms with Crippen LogP contribution in [0.2, 0.25) is 0 Å². The lowest BCUT2D eigenvalue weighted by atomic mass is 9.97. The molecule has 3 aromatic rings. The molecule has 0 unspecified atom stereocenters. The number of fused-ring (bicyclic) bond motifs is 1. The van der Waals surface area contributed by atoms with Crippen LogP contribution >= 0.6 is 0 Å². The van der Waals surface area contributed by atoms with Gasteiger partial charge in [0.2, 0.25) is 0 Å². The number of hydrogen-bond donors (Lipinski definition) is 1. The Hall–Kier alpha value is -2.47. The second-order valence-corrected chi connectivity index (χ2v) is 6.84. The minimum Gasteiger partial charge on any atom is -0.369 e. The zero-order valence-electron chi connectivity index (χ0n) is 14.6. The number of benzene rings is 1. The van der Waals surface area contributed by atoms with Crippen molar-refractivity contribution >= 4 is 16.9 Å². The van der Waals surface area contributed by atoms with Gasteiger partial charge in [-0.15, -0.1) is 0 Å². The Balaban J connectivity index is 1.37. The van der Waals surface area contributed by atoms with Crippen molar-refractivity contribution < 1.29 is 0 Å². The highest BCUT2D eigenvalue weighted by molar-refractivity contribution is 5.85. The third-order valence-corrected chi connectivity index (χ3v) is 4.94. The van der Waals surface area contributed by atoms with Crippen molar-refractivity contribution in [3.05, 3.63) is 48.4 Å². The van der Waals surface area contributed by atoms with Gasteiger partial charge in [0, 0.05) is 26.7 Å². The van der Waals surface area contributed by atoms with Crippen molar-refractivity contribution in [1.29, 1.82) is 0 Å². The summed E-state index contributed by atoms with van der Waals surface area (Å²) in [5, 5.41) is 8.79. The molecule has 0 radical (unpaired) electrons. The molecule has 1 N–H and O–H groups in total. The molecule has 0 saturated carbocycles. The first-order valence-corrected chi connectivity index (χ1v) is 8.92. The summed E-state index contributed by atoms with van der Waals surface area (Å²) < 4.78 is 1.78. The zero-order valence-corrected chi connectivity index (χ0v) is 14.6. The third kappa shape index (κ3) is 3.64. The maximum absolute atomic E-state index is 4.40. The van der Waals surface area contributed by atoms with Gasteiger partial charge < -0.3 is 5.32 Å². The molecule has 6 heteroatoms. The molecule has 4 rings (SSSR count). The molecule has 2 aromatic heterocycles. The lowest BCUT2D eigenvalue weighted by Gasteiger charge is -2.33. The first-order chi connectivity index (χ1) is 12.3. The summed E-state index contributed by atoms with van der Waals surface area (Å²) in [6.07, 6.45) is 5.96. The van der Waals surface area contributed by atoms with E-state index in [1.54, 1.807) is 11.0 Å². The van der Waals surface area contributed by atoms with E-state index in [1.165, 1.54) is 24.9 Å². The second-order valence-electron chi connectivity index (χ2n) is 6.84. The molecule has 6 nitrogen and oxygen atoms in total. The van der Waals surface area contributed by atoms with Crippen LogP contribution in [0.1, 0.15) is 18.4 Å². The highest BCUT2D eigenvalue weighted by atomic mass is 15.3. The van der Waals surface area contributed by atoms with Crippen molar-refractivity contribution in [2.24, 2.45) is 13.0 Å². The summed E-state index contributed by atoms with van der Waals surface area (Å²) in [6.45, 7) is 4.29. The lowest BCUT2D eigenvalue weighted by molar-refractivity contribution is 0.173. The van der Waals surface area contributed by atoms with Crippen LogP contribution in [0.15, 0.2) is 42.9 Å². The third-order valence-electron chi connectivity index (χ3n) is 4.94. The molecule has 0 amide bonds. The van der Waals surface area contributed by atoms with Crippen LogP contribution < -0.4 is 5.32 Å². The topological polar surface area (TPSA) is 58.9 Å². The van der Waals surface area contributed by atoms with E-state index in [4.69, 9.17) is 0 Å². The maximum Gasteiger partial charge on any atom is 0.163 e. The summed E-state index contributed by atoms with van der Waals surface area (Å²) in [5.74, 6) is 1.53. The van der Waals surface area contributed by atoms with Gasteiger partial charge in [-0.1, -0.05) is 30.3 Å². The van der Waals surface area contributed by atoms with Gasteiger partial charge in [0.25, 0.3) is 0 Å². The number of aryl methyl sites for hydroxylation is 1. The van der Waals surface area contributed by atoms with Crippen LogP contribution in [0.4, 0.5) is 5.82 Å². The van der Waals surface area contributed by atoms with Gasteiger partial charge in [0.15, 0.2) is 5.65 Å². The first-order valence-electron chi connectivity index (χ1n) is 8.92. The Bertz CT molecular complexity index is 828. The van der Waals surface area contributed by atoms with Crippen molar-refractivity contribution in [3.8, 4) is 0 Å². The number of nitrogens with zero attached hydrogens (tertiary/aromatic N) is 5. The van der Waals surface area contributed by atoms with Crippen molar-refractivity contribution in [3.63, 3.8) is 0 Å². The number of rotatable bonds is 5. The Kier molecular flexibility index (Phi) is 4.61. The van der Waals surface area contributed by atoms with Crippen LogP contribution in [0, 0.1) is 5.92 Å². The summed E-state index contributed by atoms with van der Waals surface area (Å²) in [5.41, 5.74) is 2.26. The fraction of sp³-hybridized carbons (Fsp3) is 0.421. The van der Waals surface area contributed by atoms with Gasteiger partial charge in [-0.2, -0.15) is 5.10 Å². The van der Waals surface area contributed by atoms with Gasteiger partial charge in [-0.05, 0) is 30.9 Å². The van der Waals surface area contributed by atoms with E-state index in [9.17, 15) is 0 Å². The molecule has 1 fully saturated rings. The van der Waals surface area contributed by atoms with Gasteiger partial charge in [-0.3, -0.25) is 9.58 Å². The molecule has 1 saturated heterocycles. The summed E-state index contributed by atoms with van der Waals surface area (Å²) in [4.78, 5) is 11.3. The number of hydrogen-bond acceptors (Lipinski definition) is 5. The molecule has 1 aliphatic rings. The minimum absolute atomic E-state index is 0.638. The first kappa shape index (κ1) is 16.0. The molecule has 1 aliphatic heterocycles. The van der Waals surface area contributed by atoms with Crippen molar-refractivity contribution in [2.75, 3.05) is 25.0 Å². The van der Waals surface area contributed by atoms with Gasteiger partial charge in [-0.25, -0.2) is 9.97 Å². The molecule has 0 aliphatic carbocycles. The summed E-state index contributed by atoms with van der Waals surface area (Å²) >= 11 is 0. The normalized spacial score (nSPS) is 18.5. The average molecular weight is 336 g/mol. The number of anilines is 1. The predicted molar refractivity (Wildman–Crippen MR) is 99.2 cm³/mol. The largest absolute Gasteiger partial charge is 0.369 e. The van der Waals surface area contributed by atoms with E-state index < -0.39 is 0 Å². The van der Waals surface area contributed by atoms with Gasteiger partial charge >= 0.3 is 0 Å². The Morgan fingerprint density at radius 2 is 2.08 bits per heavy atom.